The average molecular weight is 567 g/mol. The van der Waals surface area contributed by atoms with E-state index < -0.39 is 12.2 Å². The van der Waals surface area contributed by atoms with Gasteiger partial charge in [0.25, 0.3) is 0 Å². The van der Waals surface area contributed by atoms with Crippen LogP contribution in [0.5, 0.6) is 0 Å². The SMILES string of the molecule is CC(C)=C/C=C/C(C)=C/C=C/C(C)=C/C=C/C(C)=C/C(O)C(O)/C=C(C)/C=C/C=C(C)/C=C/C=C(C)/C=C/C=C(C)C. The maximum absolute atomic E-state index is 10.4. The van der Waals surface area contributed by atoms with E-state index in [-0.39, 0.29) is 0 Å². The summed E-state index contributed by atoms with van der Waals surface area (Å²) in [6.45, 7) is 20.4. The second-order valence-corrected chi connectivity index (χ2v) is 11.1. The fourth-order valence-corrected chi connectivity index (χ4v) is 3.26. The fraction of sp³-hybridized carbons (Fsp3) is 0.300. The average Bonchev–Trinajstić information content (AvgIpc) is 2.88. The quantitative estimate of drug-likeness (QED) is 0.194. The van der Waals surface area contributed by atoms with Crippen LogP contribution in [-0.4, -0.2) is 22.4 Å². The highest BCUT2D eigenvalue weighted by Gasteiger charge is 2.10. The molecule has 0 bridgehead atoms. The number of aliphatic hydroxyl groups excluding tert-OH is 2. The van der Waals surface area contributed by atoms with Crippen LogP contribution in [0.1, 0.15) is 69.2 Å². The second-order valence-electron chi connectivity index (χ2n) is 11.1. The number of allylic oxidation sites excluding steroid dienone is 26. The summed E-state index contributed by atoms with van der Waals surface area (Å²) in [7, 11) is 0. The predicted molar refractivity (Wildman–Crippen MR) is 188 cm³/mol. The molecule has 226 valence electrons. The monoisotopic (exact) mass is 566 g/mol. The van der Waals surface area contributed by atoms with Crippen molar-refractivity contribution < 1.29 is 10.2 Å². The molecule has 0 saturated heterocycles. The molecule has 2 atom stereocenters. The standard InChI is InChI=1S/C40H54O2/c1-31(2)17-11-19-33(5)21-13-23-35(7)25-15-27-37(9)29-39(41)40(42)30-38(10)28-16-26-36(8)24-14-22-34(6)20-12-18-32(3)4/h11-30,39-42H,1-10H3/b19-11+,20-12+,23-13+,24-14+,27-15+,28-16+,33-21+,34-22+,35-25+,36-26+,37-29+,38-30+. The molecule has 42 heavy (non-hydrogen) atoms. The normalized spacial score (nSPS) is 16.7. The molecule has 0 amide bonds. The maximum atomic E-state index is 10.4. The van der Waals surface area contributed by atoms with Gasteiger partial charge in [-0.25, -0.2) is 0 Å². The highest BCUT2D eigenvalue weighted by molar-refractivity contribution is 5.33. The Morgan fingerprint density at radius 1 is 0.333 bits per heavy atom. The molecule has 0 aromatic heterocycles. The van der Waals surface area contributed by atoms with Gasteiger partial charge in [-0.3, -0.25) is 0 Å². The van der Waals surface area contributed by atoms with Crippen molar-refractivity contribution in [3.05, 3.63) is 166 Å². The first-order valence-electron chi connectivity index (χ1n) is 14.6. The summed E-state index contributed by atoms with van der Waals surface area (Å²) < 4.78 is 0. The molecule has 0 aliphatic carbocycles. The highest BCUT2D eigenvalue weighted by Crippen LogP contribution is 2.09. The lowest BCUT2D eigenvalue weighted by atomic mass is 10.1. The van der Waals surface area contributed by atoms with E-state index in [1.165, 1.54) is 22.3 Å². The second kappa shape index (κ2) is 22.9. The summed E-state index contributed by atoms with van der Waals surface area (Å²) >= 11 is 0. The van der Waals surface area contributed by atoms with E-state index in [4.69, 9.17) is 0 Å². The van der Waals surface area contributed by atoms with E-state index in [9.17, 15) is 10.2 Å². The molecular weight excluding hydrogens is 512 g/mol. The third-order valence-electron chi connectivity index (χ3n) is 5.67. The summed E-state index contributed by atoms with van der Waals surface area (Å²) in [5.41, 5.74) is 8.88. The van der Waals surface area contributed by atoms with Gasteiger partial charge >= 0.3 is 0 Å². The van der Waals surface area contributed by atoms with Gasteiger partial charge in [-0.15, -0.1) is 0 Å². The van der Waals surface area contributed by atoms with Gasteiger partial charge in [0.2, 0.25) is 0 Å². The van der Waals surface area contributed by atoms with Crippen LogP contribution in [0.15, 0.2) is 166 Å². The molecule has 0 saturated carbocycles. The van der Waals surface area contributed by atoms with Gasteiger partial charge in [0, 0.05) is 0 Å². The van der Waals surface area contributed by atoms with E-state index >= 15 is 0 Å². The van der Waals surface area contributed by atoms with Crippen LogP contribution in [0.3, 0.4) is 0 Å². The molecule has 0 aliphatic rings. The summed E-state index contributed by atoms with van der Waals surface area (Å²) in [4.78, 5) is 0. The summed E-state index contributed by atoms with van der Waals surface area (Å²) in [5.74, 6) is 0. The minimum absolute atomic E-state index is 0.874. The fourth-order valence-electron chi connectivity index (χ4n) is 3.26. The van der Waals surface area contributed by atoms with Crippen LogP contribution in [0.25, 0.3) is 0 Å². The van der Waals surface area contributed by atoms with Crippen molar-refractivity contribution in [3.8, 4) is 0 Å². The van der Waals surface area contributed by atoms with Crippen LogP contribution >= 0.6 is 0 Å². The molecular formula is C40H54O2. The van der Waals surface area contributed by atoms with E-state index in [1.54, 1.807) is 12.2 Å². The smallest absolute Gasteiger partial charge is 0.102 e. The third-order valence-corrected chi connectivity index (χ3v) is 5.67. The minimum Gasteiger partial charge on any atom is -0.386 e. The van der Waals surface area contributed by atoms with E-state index in [1.807, 2.05) is 76.3 Å². The van der Waals surface area contributed by atoms with Crippen molar-refractivity contribution >= 4 is 0 Å². The molecule has 0 aromatic rings. The molecule has 2 nitrogen and oxygen atoms in total. The number of rotatable bonds is 15. The zero-order valence-electron chi connectivity index (χ0n) is 27.6. The lowest BCUT2D eigenvalue weighted by Crippen LogP contribution is -2.22. The van der Waals surface area contributed by atoms with Crippen molar-refractivity contribution in [2.75, 3.05) is 0 Å². The molecule has 0 fully saturated rings. The van der Waals surface area contributed by atoms with E-state index in [2.05, 4.69) is 102 Å². The van der Waals surface area contributed by atoms with Gasteiger partial charge in [-0.1, -0.05) is 166 Å². The molecule has 0 aliphatic heterocycles. The molecule has 0 heterocycles. The van der Waals surface area contributed by atoms with Crippen molar-refractivity contribution in [3.63, 3.8) is 0 Å². The minimum atomic E-state index is -0.989. The summed E-state index contributed by atoms with van der Waals surface area (Å²) in [6.07, 6.45) is 37.9. The topological polar surface area (TPSA) is 40.5 Å². The molecule has 2 unspecified atom stereocenters. The molecule has 2 N–H and O–H groups in total. The zero-order chi connectivity index (χ0) is 31.9. The number of hydrogen-bond donors (Lipinski definition) is 2. The van der Waals surface area contributed by atoms with Gasteiger partial charge in [0.1, 0.15) is 12.2 Å². The van der Waals surface area contributed by atoms with Gasteiger partial charge < -0.3 is 10.2 Å². The predicted octanol–water partition coefficient (Wildman–Crippen LogP) is 10.7. The lowest BCUT2D eigenvalue weighted by molar-refractivity contribution is 0.0801. The van der Waals surface area contributed by atoms with Gasteiger partial charge in [0.05, 0.1) is 0 Å². The van der Waals surface area contributed by atoms with Crippen LogP contribution in [0.4, 0.5) is 0 Å². The third kappa shape index (κ3) is 23.0. The highest BCUT2D eigenvalue weighted by atomic mass is 16.3. The molecule has 0 radical (unpaired) electrons. The first kappa shape index (κ1) is 38.3. The Balaban J connectivity index is 5.00. The Bertz CT molecular complexity index is 1160. The van der Waals surface area contributed by atoms with E-state index in [0.29, 0.717) is 0 Å². The number of hydrogen-bond acceptors (Lipinski definition) is 2. The van der Waals surface area contributed by atoms with Crippen molar-refractivity contribution in [1.82, 2.24) is 0 Å². The molecule has 0 aromatic carbocycles. The maximum Gasteiger partial charge on any atom is 0.102 e. The zero-order valence-corrected chi connectivity index (χ0v) is 27.6. The Kier molecular flexibility index (Phi) is 20.9. The van der Waals surface area contributed by atoms with Gasteiger partial charge in [-0.2, -0.15) is 0 Å². The van der Waals surface area contributed by atoms with Crippen LogP contribution in [-0.2, 0) is 0 Å². The molecule has 0 rings (SSSR count). The Morgan fingerprint density at radius 3 is 0.786 bits per heavy atom. The Morgan fingerprint density at radius 2 is 0.548 bits per heavy atom. The first-order valence-corrected chi connectivity index (χ1v) is 14.6. The Hall–Kier alpha value is -3.72. The molecule has 0 spiro atoms. The van der Waals surface area contributed by atoms with Gasteiger partial charge in [-0.05, 0) is 69.2 Å². The van der Waals surface area contributed by atoms with Crippen molar-refractivity contribution in [2.45, 2.75) is 81.4 Å². The lowest BCUT2D eigenvalue weighted by Gasteiger charge is -2.11. The van der Waals surface area contributed by atoms with Crippen LogP contribution in [0.2, 0.25) is 0 Å². The molecule has 2 heteroatoms. The van der Waals surface area contributed by atoms with E-state index in [0.717, 1.165) is 22.3 Å². The van der Waals surface area contributed by atoms with Crippen LogP contribution < -0.4 is 0 Å². The van der Waals surface area contributed by atoms with Crippen molar-refractivity contribution in [2.24, 2.45) is 0 Å². The largest absolute Gasteiger partial charge is 0.386 e. The van der Waals surface area contributed by atoms with Crippen LogP contribution in [0, 0.1) is 0 Å². The Labute approximate surface area is 257 Å². The van der Waals surface area contributed by atoms with Crippen molar-refractivity contribution in [1.29, 1.82) is 0 Å². The number of aliphatic hydroxyl groups is 2. The first-order chi connectivity index (χ1) is 19.8. The summed E-state index contributed by atoms with van der Waals surface area (Å²) in [6, 6.07) is 0. The summed E-state index contributed by atoms with van der Waals surface area (Å²) in [5, 5.41) is 20.9. The van der Waals surface area contributed by atoms with Gasteiger partial charge in [0.15, 0.2) is 0 Å².